The molecule has 0 aliphatic rings. The molecule has 1 heterocycles. The maximum Gasteiger partial charge on any atom is 0.295 e. The monoisotopic (exact) mass is 275 g/mol. The molecule has 2 aromatic rings. The normalized spacial score (nSPS) is 10.3. The molecule has 0 aliphatic carbocycles. The van der Waals surface area contributed by atoms with Crippen LogP contribution in [0.1, 0.15) is 28.9 Å². The fourth-order valence-corrected chi connectivity index (χ4v) is 1.74. The summed E-state index contributed by atoms with van der Waals surface area (Å²) in [6.07, 6.45) is 0.546. The van der Waals surface area contributed by atoms with Gasteiger partial charge in [0, 0.05) is 17.3 Å². The first-order valence-electron chi connectivity index (χ1n) is 5.99. The average Bonchev–Trinajstić information content (AvgIpc) is 2.85. The van der Waals surface area contributed by atoms with E-state index in [4.69, 9.17) is 0 Å². The van der Waals surface area contributed by atoms with Crippen LogP contribution in [0.15, 0.2) is 18.2 Å². The predicted octanol–water partition coefficient (Wildman–Crippen LogP) is 1.84. The van der Waals surface area contributed by atoms with Crippen LogP contribution in [0, 0.1) is 17.0 Å². The van der Waals surface area contributed by atoms with E-state index in [1.807, 2.05) is 6.92 Å². The third-order valence-electron chi connectivity index (χ3n) is 2.72. The van der Waals surface area contributed by atoms with Crippen molar-refractivity contribution in [3.8, 4) is 0 Å². The maximum absolute atomic E-state index is 11.8. The molecule has 1 aromatic heterocycles. The van der Waals surface area contributed by atoms with E-state index in [2.05, 4.69) is 20.5 Å². The van der Waals surface area contributed by atoms with E-state index in [9.17, 15) is 14.9 Å². The fraction of sp³-hybridized carbons (Fsp3) is 0.250. The number of aromatic amines is 1. The van der Waals surface area contributed by atoms with Gasteiger partial charge in [-0.1, -0.05) is 13.0 Å². The van der Waals surface area contributed by atoms with Crippen LogP contribution >= 0.6 is 0 Å². The van der Waals surface area contributed by atoms with Gasteiger partial charge in [-0.25, -0.2) is 4.98 Å². The lowest BCUT2D eigenvalue weighted by atomic mass is 10.1. The lowest BCUT2D eigenvalue weighted by molar-refractivity contribution is -0.385. The van der Waals surface area contributed by atoms with Gasteiger partial charge in [0.05, 0.1) is 4.92 Å². The number of aryl methyl sites for hydroxylation is 2. The molecule has 8 heteroatoms. The Balaban J connectivity index is 2.23. The second-order valence-corrected chi connectivity index (χ2v) is 4.15. The lowest BCUT2D eigenvalue weighted by Gasteiger charge is -2.05. The van der Waals surface area contributed by atoms with Crippen molar-refractivity contribution in [1.29, 1.82) is 0 Å². The first-order valence-corrected chi connectivity index (χ1v) is 5.99. The third-order valence-corrected chi connectivity index (χ3v) is 2.72. The summed E-state index contributed by atoms with van der Waals surface area (Å²) in [6, 6.07) is 4.57. The van der Waals surface area contributed by atoms with Gasteiger partial charge < -0.3 is 5.32 Å². The van der Waals surface area contributed by atoms with Gasteiger partial charge in [-0.3, -0.25) is 20.0 Å². The van der Waals surface area contributed by atoms with E-state index in [1.165, 1.54) is 6.07 Å². The molecular formula is C12H13N5O3. The molecule has 0 fully saturated rings. The van der Waals surface area contributed by atoms with E-state index < -0.39 is 10.8 Å². The molecule has 0 saturated heterocycles. The standard InChI is InChI=1S/C12H13N5O3/c1-3-8-4-5-9(6-10(8)17(19)20)14-12(18)11-13-7(2)15-16-11/h4-6H,3H2,1-2H3,(H,14,18)(H,13,15,16). The molecule has 0 atom stereocenters. The number of carbonyl (C=O) groups is 1. The van der Waals surface area contributed by atoms with Crippen molar-refractivity contribution in [2.24, 2.45) is 0 Å². The predicted molar refractivity (Wildman–Crippen MR) is 71.5 cm³/mol. The Morgan fingerprint density at radius 1 is 1.50 bits per heavy atom. The number of nitro benzene ring substituents is 1. The van der Waals surface area contributed by atoms with Gasteiger partial charge in [0.15, 0.2) is 0 Å². The number of benzene rings is 1. The van der Waals surface area contributed by atoms with Crippen molar-refractivity contribution < 1.29 is 9.72 Å². The maximum atomic E-state index is 11.8. The number of H-pyrrole nitrogens is 1. The number of hydrogen-bond donors (Lipinski definition) is 2. The summed E-state index contributed by atoms with van der Waals surface area (Å²) in [4.78, 5) is 26.2. The zero-order chi connectivity index (χ0) is 14.7. The SMILES string of the molecule is CCc1ccc(NC(=O)c2n[nH]c(C)n2)cc1[N+](=O)[O-]. The van der Waals surface area contributed by atoms with Crippen LogP contribution in [0.3, 0.4) is 0 Å². The summed E-state index contributed by atoms with van der Waals surface area (Å²) >= 11 is 0. The number of nitro groups is 1. The van der Waals surface area contributed by atoms with E-state index in [0.29, 0.717) is 23.5 Å². The summed E-state index contributed by atoms with van der Waals surface area (Å²) in [6.45, 7) is 3.50. The Morgan fingerprint density at radius 2 is 2.25 bits per heavy atom. The van der Waals surface area contributed by atoms with Gasteiger partial charge in [0.2, 0.25) is 5.82 Å². The summed E-state index contributed by atoms with van der Waals surface area (Å²) in [7, 11) is 0. The first-order chi connectivity index (χ1) is 9.51. The lowest BCUT2D eigenvalue weighted by Crippen LogP contribution is -2.14. The van der Waals surface area contributed by atoms with Gasteiger partial charge in [0.25, 0.3) is 11.6 Å². The highest BCUT2D eigenvalue weighted by molar-refractivity contribution is 6.01. The minimum absolute atomic E-state index is 0.00952. The molecule has 1 aromatic carbocycles. The van der Waals surface area contributed by atoms with Crippen LogP contribution in [0.5, 0.6) is 0 Å². The average molecular weight is 275 g/mol. The number of amides is 1. The number of nitrogens with one attached hydrogen (secondary N) is 2. The molecule has 104 valence electrons. The van der Waals surface area contributed by atoms with Crippen molar-refractivity contribution in [1.82, 2.24) is 15.2 Å². The number of anilines is 1. The second kappa shape index (κ2) is 5.47. The van der Waals surface area contributed by atoms with E-state index in [1.54, 1.807) is 19.1 Å². The molecule has 2 N–H and O–H groups in total. The summed E-state index contributed by atoms with van der Waals surface area (Å²) in [5.74, 6) is -0.0138. The smallest absolute Gasteiger partial charge is 0.295 e. The minimum atomic E-state index is -0.520. The summed E-state index contributed by atoms with van der Waals surface area (Å²) in [5.41, 5.74) is 0.930. The summed E-state index contributed by atoms with van der Waals surface area (Å²) < 4.78 is 0. The van der Waals surface area contributed by atoms with Gasteiger partial charge in [-0.15, -0.1) is 5.10 Å². The molecule has 20 heavy (non-hydrogen) atoms. The van der Waals surface area contributed by atoms with Crippen LogP contribution < -0.4 is 5.32 Å². The highest BCUT2D eigenvalue weighted by Gasteiger charge is 2.16. The minimum Gasteiger partial charge on any atom is -0.319 e. The Bertz CT molecular complexity index is 665. The van der Waals surface area contributed by atoms with Crippen molar-refractivity contribution in [3.05, 3.63) is 45.5 Å². The third kappa shape index (κ3) is 2.79. The molecule has 0 aliphatic heterocycles. The number of carbonyl (C=O) groups excluding carboxylic acids is 1. The Labute approximate surface area is 114 Å². The van der Waals surface area contributed by atoms with Crippen molar-refractivity contribution in [2.75, 3.05) is 5.32 Å². The number of aromatic nitrogens is 3. The molecule has 0 saturated carbocycles. The fourth-order valence-electron chi connectivity index (χ4n) is 1.74. The Kier molecular flexibility index (Phi) is 3.74. The number of rotatable bonds is 4. The van der Waals surface area contributed by atoms with Crippen molar-refractivity contribution in [2.45, 2.75) is 20.3 Å². The highest BCUT2D eigenvalue weighted by atomic mass is 16.6. The van der Waals surface area contributed by atoms with Gasteiger partial charge in [-0.2, -0.15) is 0 Å². The van der Waals surface area contributed by atoms with Crippen LogP contribution in [0.2, 0.25) is 0 Å². The molecule has 0 radical (unpaired) electrons. The molecule has 2 rings (SSSR count). The molecule has 1 amide bonds. The zero-order valence-electron chi connectivity index (χ0n) is 11.0. The zero-order valence-corrected chi connectivity index (χ0v) is 11.0. The Morgan fingerprint density at radius 3 is 2.80 bits per heavy atom. The van der Waals surface area contributed by atoms with Crippen molar-refractivity contribution >= 4 is 17.3 Å². The quantitative estimate of drug-likeness (QED) is 0.652. The summed E-state index contributed by atoms with van der Waals surface area (Å²) in [5, 5.41) is 19.8. The number of hydrogen-bond acceptors (Lipinski definition) is 5. The van der Waals surface area contributed by atoms with Gasteiger partial charge in [-0.05, 0) is 19.4 Å². The Hall–Kier alpha value is -2.77. The second-order valence-electron chi connectivity index (χ2n) is 4.15. The molecule has 0 bridgehead atoms. The van der Waals surface area contributed by atoms with Crippen LogP contribution in [0.4, 0.5) is 11.4 Å². The number of nitrogens with zero attached hydrogens (tertiary/aromatic N) is 3. The van der Waals surface area contributed by atoms with Gasteiger partial charge >= 0.3 is 0 Å². The van der Waals surface area contributed by atoms with E-state index >= 15 is 0 Å². The molecule has 0 unspecified atom stereocenters. The topological polar surface area (TPSA) is 114 Å². The van der Waals surface area contributed by atoms with Gasteiger partial charge in [0.1, 0.15) is 5.82 Å². The largest absolute Gasteiger partial charge is 0.319 e. The molecule has 0 spiro atoms. The van der Waals surface area contributed by atoms with Crippen molar-refractivity contribution in [3.63, 3.8) is 0 Å². The van der Waals surface area contributed by atoms with Crippen LogP contribution in [0.25, 0.3) is 0 Å². The van der Waals surface area contributed by atoms with E-state index in [-0.39, 0.29) is 11.5 Å². The molecule has 8 nitrogen and oxygen atoms in total. The highest BCUT2D eigenvalue weighted by Crippen LogP contribution is 2.23. The van der Waals surface area contributed by atoms with Crippen LogP contribution in [-0.4, -0.2) is 26.0 Å². The van der Waals surface area contributed by atoms with Crippen LogP contribution in [-0.2, 0) is 6.42 Å². The first kappa shape index (κ1) is 13.7. The van der Waals surface area contributed by atoms with E-state index in [0.717, 1.165) is 0 Å². The molecular weight excluding hydrogens is 262 g/mol.